The van der Waals surface area contributed by atoms with Crippen LogP contribution in [0.5, 0.6) is 0 Å². The second kappa shape index (κ2) is 7.06. The second-order valence-corrected chi connectivity index (χ2v) is 4.36. The number of hydrogen-bond acceptors (Lipinski definition) is 2. The molecule has 1 rings (SSSR count). The number of hydrogen-bond donors (Lipinski definition) is 2. The summed E-state index contributed by atoms with van der Waals surface area (Å²) in [6.07, 6.45) is 1.44. The Labute approximate surface area is 105 Å². The van der Waals surface area contributed by atoms with Crippen LogP contribution in [0.15, 0.2) is 18.2 Å². The lowest BCUT2D eigenvalue weighted by molar-refractivity contribution is -0.120. The fourth-order valence-electron chi connectivity index (χ4n) is 1.57. The van der Waals surface area contributed by atoms with Crippen molar-refractivity contribution in [2.24, 2.45) is 5.73 Å². The molecular weight excluding hydrogens is 238 g/mol. The maximum atomic E-state index is 13.3. The quantitative estimate of drug-likeness (QED) is 0.762. The van der Waals surface area contributed by atoms with Gasteiger partial charge in [-0.1, -0.05) is 12.1 Å². The van der Waals surface area contributed by atoms with Gasteiger partial charge in [-0.2, -0.15) is 0 Å². The molecule has 0 aliphatic carbocycles. The smallest absolute Gasteiger partial charge is 0.224 e. The van der Waals surface area contributed by atoms with Crippen molar-refractivity contribution in [1.82, 2.24) is 5.32 Å². The average Bonchev–Trinajstić information content (AvgIpc) is 2.30. The Morgan fingerprint density at radius 3 is 2.83 bits per heavy atom. The molecule has 0 aliphatic rings. The molecule has 1 aromatic rings. The molecule has 1 atom stereocenters. The maximum Gasteiger partial charge on any atom is 0.224 e. The van der Waals surface area contributed by atoms with Gasteiger partial charge in [0.05, 0.1) is 6.42 Å². The summed E-state index contributed by atoms with van der Waals surface area (Å²) in [5.74, 6) is -2.20. The van der Waals surface area contributed by atoms with E-state index in [-0.39, 0.29) is 23.9 Å². The first kappa shape index (κ1) is 14.6. The van der Waals surface area contributed by atoms with Gasteiger partial charge in [0.1, 0.15) is 0 Å². The molecule has 0 heterocycles. The zero-order chi connectivity index (χ0) is 13.5. The molecule has 0 aliphatic heterocycles. The van der Waals surface area contributed by atoms with E-state index in [0.717, 1.165) is 18.9 Å². The van der Waals surface area contributed by atoms with Crippen molar-refractivity contribution in [3.8, 4) is 0 Å². The molecule has 1 amide bonds. The number of benzene rings is 1. The van der Waals surface area contributed by atoms with E-state index < -0.39 is 11.6 Å². The van der Waals surface area contributed by atoms with Crippen LogP contribution < -0.4 is 11.1 Å². The Bertz CT molecular complexity index is 408. The molecule has 0 bridgehead atoms. The summed E-state index contributed by atoms with van der Waals surface area (Å²) in [6.45, 7) is 2.39. The lowest BCUT2D eigenvalue weighted by atomic mass is 10.1. The van der Waals surface area contributed by atoms with Gasteiger partial charge in [0.15, 0.2) is 11.6 Å². The minimum Gasteiger partial charge on any atom is -0.356 e. The highest BCUT2D eigenvalue weighted by atomic mass is 19.2. The lowest BCUT2D eigenvalue weighted by Crippen LogP contribution is -2.27. The normalized spacial score (nSPS) is 12.2. The van der Waals surface area contributed by atoms with E-state index in [0.29, 0.717) is 6.54 Å². The third-order valence-electron chi connectivity index (χ3n) is 2.54. The summed E-state index contributed by atoms with van der Waals surface area (Å²) in [5, 5.41) is 2.65. The topological polar surface area (TPSA) is 55.1 Å². The largest absolute Gasteiger partial charge is 0.356 e. The summed E-state index contributed by atoms with van der Waals surface area (Å²) in [6, 6.07) is 3.92. The van der Waals surface area contributed by atoms with E-state index in [2.05, 4.69) is 5.32 Å². The Kier molecular flexibility index (Phi) is 5.71. The summed E-state index contributed by atoms with van der Waals surface area (Å²) < 4.78 is 26.2. The van der Waals surface area contributed by atoms with Crippen molar-refractivity contribution < 1.29 is 13.6 Å². The number of rotatable bonds is 6. The molecule has 0 saturated carbocycles. The minimum absolute atomic E-state index is 0.0692. The van der Waals surface area contributed by atoms with Gasteiger partial charge in [0.2, 0.25) is 5.91 Å². The molecule has 0 fully saturated rings. The van der Waals surface area contributed by atoms with Crippen molar-refractivity contribution in [1.29, 1.82) is 0 Å². The number of nitrogens with two attached hydrogens (primary N) is 1. The van der Waals surface area contributed by atoms with Gasteiger partial charge in [0.25, 0.3) is 0 Å². The molecule has 18 heavy (non-hydrogen) atoms. The molecule has 0 spiro atoms. The Balaban J connectivity index is 2.38. The monoisotopic (exact) mass is 256 g/mol. The average molecular weight is 256 g/mol. The van der Waals surface area contributed by atoms with Crippen LogP contribution in [0.2, 0.25) is 0 Å². The van der Waals surface area contributed by atoms with Crippen molar-refractivity contribution >= 4 is 5.91 Å². The number of halogens is 2. The fraction of sp³-hybridized carbons (Fsp3) is 0.462. The zero-order valence-corrected chi connectivity index (χ0v) is 10.4. The number of nitrogens with one attached hydrogen (secondary N) is 1. The van der Waals surface area contributed by atoms with E-state index in [1.807, 2.05) is 6.92 Å². The van der Waals surface area contributed by atoms with Gasteiger partial charge < -0.3 is 11.1 Å². The van der Waals surface area contributed by atoms with Crippen LogP contribution in [0.25, 0.3) is 0 Å². The Morgan fingerprint density at radius 2 is 2.17 bits per heavy atom. The molecule has 3 N–H and O–H groups in total. The van der Waals surface area contributed by atoms with E-state index in [1.54, 1.807) is 0 Å². The van der Waals surface area contributed by atoms with Crippen molar-refractivity contribution in [3.05, 3.63) is 35.4 Å². The predicted octanol–water partition coefficient (Wildman–Crippen LogP) is 1.75. The van der Waals surface area contributed by atoms with Crippen molar-refractivity contribution in [2.75, 3.05) is 6.54 Å². The van der Waals surface area contributed by atoms with Crippen LogP contribution >= 0.6 is 0 Å². The van der Waals surface area contributed by atoms with Crippen molar-refractivity contribution in [3.63, 3.8) is 0 Å². The molecule has 100 valence electrons. The highest BCUT2D eigenvalue weighted by Gasteiger charge is 2.11. The first-order valence-electron chi connectivity index (χ1n) is 5.96. The Hall–Kier alpha value is -1.49. The van der Waals surface area contributed by atoms with Gasteiger partial charge in [-0.25, -0.2) is 8.78 Å². The highest BCUT2D eigenvalue weighted by molar-refractivity contribution is 5.78. The SMILES string of the molecule is CC(N)CCCNC(=O)Cc1cccc(F)c1F. The van der Waals surface area contributed by atoms with Crippen LogP contribution in [0.3, 0.4) is 0 Å². The summed E-state index contributed by atoms with van der Waals surface area (Å²) in [7, 11) is 0. The first-order valence-corrected chi connectivity index (χ1v) is 5.96. The van der Waals surface area contributed by atoms with Crippen LogP contribution in [-0.4, -0.2) is 18.5 Å². The van der Waals surface area contributed by atoms with Gasteiger partial charge in [-0.15, -0.1) is 0 Å². The lowest BCUT2D eigenvalue weighted by Gasteiger charge is -2.07. The molecule has 1 aromatic carbocycles. The number of amides is 1. The third-order valence-corrected chi connectivity index (χ3v) is 2.54. The van der Waals surface area contributed by atoms with E-state index in [4.69, 9.17) is 5.73 Å². The van der Waals surface area contributed by atoms with E-state index in [9.17, 15) is 13.6 Å². The van der Waals surface area contributed by atoms with Crippen LogP contribution in [-0.2, 0) is 11.2 Å². The van der Waals surface area contributed by atoms with Gasteiger partial charge in [-0.3, -0.25) is 4.79 Å². The standard InChI is InChI=1S/C13H18F2N2O/c1-9(16)4-3-7-17-12(18)8-10-5-2-6-11(14)13(10)15/h2,5-6,9H,3-4,7-8,16H2,1H3,(H,17,18). The maximum absolute atomic E-state index is 13.3. The molecule has 0 aromatic heterocycles. The van der Waals surface area contributed by atoms with Crippen molar-refractivity contribution in [2.45, 2.75) is 32.2 Å². The predicted molar refractivity (Wildman–Crippen MR) is 66.0 cm³/mol. The van der Waals surface area contributed by atoms with Crippen LogP contribution in [0.1, 0.15) is 25.3 Å². The second-order valence-electron chi connectivity index (χ2n) is 4.36. The van der Waals surface area contributed by atoms with Crippen LogP contribution in [0, 0.1) is 11.6 Å². The van der Waals surface area contributed by atoms with Crippen LogP contribution in [0.4, 0.5) is 8.78 Å². The summed E-state index contributed by atoms with van der Waals surface area (Å²) in [4.78, 5) is 11.5. The third kappa shape index (κ3) is 4.79. The molecule has 5 heteroatoms. The first-order chi connectivity index (χ1) is 8.50. The summed E-state index contributed by atoms with van der Waals surface area (Å²) in [5.41, 5.74) is 5.63. The van der Waals surface area contributed by atoms with E-state index >= 15 is 0 Å². The van der Waals surface area contributed by atoms with Gasteiger partial charge >= 0.3 is 0 Å². The summed E-state index contributed by atoms with van der Waals surface area (Å²) >= 11 is 0. The molecule has 3 nitrogen and oxygen atoms in total. The minimum atomic E-state index is -0.955. The number of carbonyl (C=O) groups is 1. The fourth-order valence-corrected chi connectivity index (χ4v) is 1.57. The van der Waals surface area contributed by atoms with Gasteiger partial charge in [-0.05, 0) is 25.8 Å². The Morgan fingerprint density at radius 1 is 1.44 bits per heavy atom. The zero-order valence-electron chi connectivity index (χ0n) is 10.4. The number of carbonyl (C=O) groups excluding carboxylic acids is 1. The van der Waals surface area contributed by atoms with E-state index in [1.165, 1.54) is 12.1 Å². The molecule has 0 radical (unpaired) electrons. The highest BCUT2D eigenvalue weighted by Crippen LogP contribution is 2.11. The van der Waals surface area contributed by atoms with Gasteiger partial charge in [0, 0.05) is 18.2 Å². The molecule has 0 saturated heterocycles. The molecule has 1 unspecified atom stereocenters. The molecular formula is C13H18F2N2O.